The Kier molecular flexibility index (Phi) is 2.57. The van der Waals surface area contributed by atoms with Crippen LogP contribution in [0.5, 0.6) is 0 Å². The van der Waals surface area contributed by atoms with Crippen molar-refractivity contribution in [3.05, 3.63) is 0 Å². The summed E-state index contributed by atoms with van der Waals surface area (Å²) < 4.78 is 0. The number of aliphatic hydroxyl groups is 1. The molecule has 1 rings (SSSR count). The number of rotatable bonds is 2. The first-order valence-electron chi connectivity index (χ1n) is 4.30. The van der Waals surface area contributed by atoms with Crippen molar-refractivity contribution < 1.29 is 9.90 Å². The van der Waals surface area contributed by atoms with Crippen LogP contribution in [0.25, 0.3) is 0 Å². The third kappa shape index (κ3) is 2.11. The maximum absolute atomic E-state index is 11.2. The monoisotopic (exact) mass is 172 g/mol. The minimum atomic E-state index is -0.663. The second kappa shape index (κ2) is 3.31. The van der Waals surface area contributed by atoms with E-state index in [1.54, 1.807) is 11.8 Å². The smallest absolute Gasteiger partial charge is 0.317 e. The summed E-state index contributed by atoms with van der Waals surface area (Å²) in [5.41, 5.74) is -0.663. The van der Waals surface area contributed by atoms with Crippen LogP contribution in [0.4, 0.5) is 4.79 Å². The third-order valence-corrected chi connectivity index (χ3v) is 1.88. The van der Waals surface area contributed by atoms with Gasteiger partial charge in [-0.1, -0.05) is 6.92 Å². The number of carbonyl (C=O) groups is 1. The van der Waals surface area contributed by atoms with Gasteiger partial charge in [0.2, 0.25) is 0 Å². The van der Waals surface area contributed by atoms with Crippen LogP contribution in [0, 0.1) is 0 Å². The molecule has 4 heteroatoms. The van der Waals surface area contributed by atoms with E-state index in [1.807, 2.05) is 6.92 Å². The minimum absolute atomic E-state index is 0.0663. The van der Waals surface area contributed by atoms with E-state index in [9.17, 15) is 9.90 Å². The molecule has 0 aromatic heterocycles. The molecule has 0 bridgehead atoms. The normalized spacial score (nSPS) is 20.1. The molecule has 0 saturated carbocycles. The molecular formula is C8H16N2O2. The lowest BCUT2D eigenvalue weighted by atomic mass is 9.98. The molecule has 1 saturated heterocycles. The van der Waals surface area contributed by atoms with Gasteiger partial charge in [-0.15, -0.1) is 0 Å². The Balaban J connectivity index is 2.19. The first-order chi connectivity index (χ1) is 5.55. The highest BCUT2D eigenvalue weighted by molar-refractivity contribution is 5.75. The fourth-order valence-corrected chi connectivity index (χ4v) is 1.26. The Morgan fingerprint density at radius 1 is 1.67 bits per heavy atom. The zero-order chi connectivity index (χ0) is 9.19. The van der Waals surface area contributed by atoms with Crippen molar-refractivity contribution in [1.82, 2.24) is 10.2 Å². The van der Waals surface area contributed by atoms with Crippen LogP contribution in [0.3, 0.4) is 0 Å². The average molecular weight is 172 g/mol. The van der Waals surface area contributed by atoms with Crippen molar-refractivity contribution in [3.8, 4) is 0 Å². The van der Waals surface area contributed by atoms with Gasteiger partial charge in [0, 0.05) is 6.54 Å². The Labute approximate surface area is 72.6 Å². The first-order valence-corrected chi connectivity index (χ1v) is 4.30. The van der Waals surface area contributed by atoms with Crippen LogP contribution in [0.2, 0.25) is 0 Å². The van der Waals surface area contributed by atoms with Gasteiger partial charge in [0.15, 0.2) is 0 Å². The van der Waals surface area contributed by atoms with Crippen LogP contribution >= 0.6 is 0 Å². The van der Waals surface area contributed by atoms with E-state index in [-0.39, 0.29) is 6.03 Å². The lowest BCUT2D eigenvalue weighted by molar-refractivity contribution is -0.0606. The minimum Gasteiger partial charge on any atom is -0.386 e. The van der Waals surface area contributed by atoms with Crippen molar-refractivity contribution in [2.24, 2.45) is 0 Å². The first kappa shape index (κ1) is 9.32. The molecule has 0 unspecified atom stereocenters. The summed E-state index contributed by atoms with van der Waals surface area (Å²) in [7, 11) is 0. The number of β-amino-alcohol motifs (C(OH)–C–C–N with tert-alkyl or cyclic N) is 1. The molecule has 12 heavy (non-hydrogen) atoms. The van der Waals surface area contributed by atoms with Gasteiger partial charge in [0.05, 0.1) is 18.7 Å². The Bertz CT molecular complexity index is 172. The SMILES string of the molecule is CCCNC(=O)N1CC(C)(O)C1. The van der Waals surface area contributed by atoms with Crippen molar-refractivity contribution in [1.29, 1.82) is 0 Å². The lowest BCUT2D eigenvalue weighted by Crippen LogP contribution is -2.63. The van der Waals surface area contributed by atoms with Crippen LogP contribution < -0.4 is 5.32 Å². The number of carbonyl (C=O) groups excluding carboxylic acids is 1. The molecule has 1 heterocycles. The van der Waals surface area contributed by atoms with Crippen LogP contribution in [-0.4, -0.2) is 41.3 Å². The molecule has 1 fully saturated rings. The summed E-state index contributed by atoms with van der Waals surface area (Å²) in [6.45, 7) is 5.34. The topological polar surface area (TPSA) is 52.6 Å². The van der Waals surface area contributed by atoms with Gasteiger partial charge in [0.25, 0.3) is 0 Å². The van der Waals surface area contributed by atoms with E-state index in [0.29, 0.717) is 19.6 Å². The summed E-state index contributed by atoms with van der Waals surface area (Å²) in [6.07, 6.45) is 0.940. The van der Waals surface area contributed by atoms with Gasteiger partial charge in [-0.3, -0.25) is 0 Å². The number of urea groups is 1. The van der Waals surface area contributed by atoms with Crippen molar-refractivity contribution >= 4 is 6.03 Å². The zero-order valence-electron chi connectivity index (χ0n) is 7.63. The molecule has 0 spiro atoms. The maximum atomic E-state index is 11.2. The van der Waals surface area contributed by atoms with Gasteiger partial charge >= 0.3 is 6.03 Å². The second-order valence-electron chi connectivity index (χ2n) is 3.58. The van der Waals surface area contributed by atoms with Crippen LogP contribution in [0.15, 0.2) is 0 Å². The molecule has 1 aliphatic rings. The van der Waals surface area contributed by atoms with Crippen molar-refractivity contribution in [3.63, 3.8) is 0 Å². The number of hydrogen-bond donors (Lipinski definition) is 2. The summed E-state index contributed by atoms with van der Waals surface area (Å²) in [5.74, 6) is 0. The van der Waals surface area contributed by atoms with E-state index in [4.69, 9.17) is 0 Å². The Morgan fingerprint density at radius 3 is 2.67 bits per heavy atom. The molecule has 0 aromatic rings. The molecule has 2 N–H and O–H groups in total. The van der Waals surface area contributed by atoms with Crippen LogP contribution in [0.1, 0.15) is 20.3 Å². The summed E-state index contributed by atoms with van der Waals surface area (Å²) in [4.78, 5) is 12.8. The van der Waals surface area contributed by atoms with E-state index < -0.39 is 5.60 Å². The molecule has 70 valence electrons. The fraction of sp³-hybridized carbons (Fsp3) is 0.875. The average Bonchev–Trinajstić information content (AvgIpc) is 1.95. The van der Waals surface area contributed by atoms with Crippen molar-refractivity contribution in [2.75, 3.05) is 19.6 Å². The van der Waals surface area contributed by atoms with Gasteiger partial charge in [-0.2, -0.15) is 0 Å². The van der Waals surface area contributed by atoms with Gasteiger partial charge in [-0.25, -0.2) is 4.79 Å². The molecule has 0 aliphatic carbocycles. The maximum Gasteiger partial charge on any atom is 0.317 e. The lowest BCUT2D eigenvalue weighted by Gasteiger charge is -2.43. The Morgan fingerprint density at radius 2 is 2.25 bits per heavy atom. The number of likely N-dealkylation sites (tertiary alicyclic amines) is 1. The standard InChI is InChI=1S/C8H16N2O2/c1-3-4-9-7(11)10-5-8(2,12)6-10/h12H,3-6H2,1-2H3,(H,9,11). The highest BCUT2D eigenvalue weighted by atomic mass is 16.3. The number of nitrogens with zero attached hydrogens (tertiary/aromatic N) is 1. The number of hydrogen-bond acceptors (Lipinski definition) is 2. The number of nitrogens with one attached hydrogen (secondary N) is 1. The molecule has 4 nitrogen and oxygen atoms in total. The quantitative estimate of drug-likeness (QED) is 0.624. The summed E-state index contributed by atoms with van der Waals surface area (Å²) in [6, 6.07) is -0.0663. The number of amides is 2. The largest absolute Gasteiger partial charge is 0.386 e. The second-order valence-corrected chi connectivity index (χ2v) is 3.58. The van der Waals surface area contributed by atoms with Gasteiger partial charge < -0.3 is 15.3 Å². The third-order valence-electron chi connectivity index (χ3n) is 1.88. The summed E-state index contributed by atoms with van der Waals surface area (Å²) in [5, 5.41) is 12.1. The van der Waals surface area contributed by atoms with Crippen molar-refractivity contribution in [2.45, 2.75) is 25.9 Å². The fourth-order valence-electron chi connectivity index (χ4n) is 1.26. The molecule has 2 amide bonds. The summed E-state index contributed by atoms with van der Waals surface area (Å²) >= 11 is 0. The van der Waals surface area contributed by atoms with E-state index in [1.165, 1.54) is 0 Å². The predicted molar refractivity (Wildman–Crippen MR) is 45.9 cm³/mol. The van der Waals surface area contributed by atoms with E-state index >= 15 is 0 Å². The predicted octanol–water partition coefficient (Wildman–Crippen LogP) is 0.173. The molecule has 0 atom stereocenters. The van der Waals surface area contributed by atoms with E-state index in [2.05, 4.69) is 5.32 Å². The highest BCUT2D eigenvalue weighted by Crippen LogP contribution is 2.18. The van der Waals surface area contributed by atoms with Gasteiger partial charge in [0.1, 0.15) is 0 Å². The highest BCUT2D eigenvalue weighted by Gasteiger charge is 2.39. The molecule has 0 aromatic carbocycles. The molecule has 1 aliphatic heterocycles. The van der Waals surface area contributed by atoms with E-state index in [0.717, 1.165) is 6.42 Å². The molecule has 0 radical (unpaired) electrons. The Hall–Kier alpha value is -0.770. The van der Waals surface area contributed by atoms with Gasteiger partial charge in [-0.05, 0) is 13.3 Å². The van der Waals surface area contributed by atoms with Crippen LogP contribution in [-0.2, 0) is 0 Å². The zero-order valence-corrected chi connectivity index (χ0v) is 7.63. The molecular weight excluding hydrogens is 156 g/mol.